The van der Waals surface area contributed by atoms with E-state index in [0.717, 1.165) is 37.7 Å². The van der Waals surface area contributed by atoms with Crippen LogP contribution in [-0.4, -0.2) is 49.6 Å². The second-order valence-electron chi connectivity index (χ2n) is 9.34. The van der Waals surface area contributed by atoms with E-state index >= 15 is 0 Å². The van der Waals surface area contributed by atoms with Crippen LogP contribution in [-0.2, 0) is 16.0 Å². The van der Waals surface area contributed by atoms with E-state index in [4.69, 9.17) is 4.74 Å². The minimum Gasteiger partial charge on any atom is -0.469 e. The van der Waals surface area contributed by atoms with Gasteiger partial charge in [-0.1, -0.05) is 12.1 Å². The van der Waals surface area contributed by atoms with Crippen LogP contribution in [0.1, 0.15) is 67.3 Å². The molecule has 0 unspecified atom stereocenters. The average Bonchev–Trinajstić information content (AvgIpc) is 2.79. The van der Waals surface area contributed by atoms with Crippen molar-refractivity contribution in [1.29, 1.82) is 0 Å². The number of piperidine rings is 3. The summed E-state index contributed by atoms with van der Waals surface area (Å²) in [6.45, 7) is 3.79. The summed E-state index contributed by atoms with van der Waals surface area (Å²) >= 11 is 0. The number of halogens is 1. The molecule has 0 spiro atoms. The molecule has 1 aromatic carbocycles. The first kappa shape index (κ1) is 23.1. The summed E-state index contributed by atoms with van der Waals surface area (Å²) in [7, 11) is 1.44. The summed E-state index contributed by atoms with van der Waals surface area (Å²) < 4.78 is 4.84. The highest BCUT2D eigenvalue weighted by atomic mass is 35.5. The maximum absolute atomic E-state index is 12.8. The molecule has 1 N–H and O–H groups in total. The van der Waals surface area contributed by atoms with Gasteiger partial charge in [0.2, 0.25) is 0 Å². The van der Waals surface area contributed by atoms with Crippen molar-refractivity contribution in [3.8, 4) is 0 Å². The van der Waals surface area contributed by atoms with Crippen molar-refractivity contribution in [2.24, 2.45) is 11.3 Å². The van der Waals surface area contributed by atoms with Crippen molar-refractivity contribution in [3.63, 3.8) is 0 Å². The van der Waals surface area contributed by atoms with Gasteiger partial charge in [-0.05, 0) is 101 Å². The van der Waals surface area contributed by atoms with Crippen LogP contribution in [0, 0.1) is 11.3 Å². The van der Waals surface area contributed by atoms with Gasteiger partial charge in [0.25, 0.3) is 5.91 Å². The van der Waals surface area contributed by atoms with Crippen LogP contribution >= 0.6 is 12.4 Å². The molecule has 0 atom stereocenters. The number of amides is 1. The first-order valence-electron chi connectivity index (χ1n) is 11.3. The van der Waals surface area contributed by atoms with Crippen LogP contribution in [0.4, 0.5) is 0 Å². The molecular weight excluding hydrogens is 400 g/mol. The Bertz CT molecular complexity index is 724. The number of ether oxygens (including phenoxy) is 1. The van der Waals surface area contributed by atoms with Crippen molar-refractivity contribution in [2.75, 3.05) is 26.7 Å². The first-order valence-corrected chi connectivity index (χ1v) is 11.3. The van der Waals surface area contributed by atoms with Crippen molar-refractivity contribution in [3.05, 3.63) is 35.4 Å². The summed E-state index contributed by atoms with van der Waals surface area (Å²) in [5.41, 5.74) is 2.56. The molecule has 1 aromatic rings. The zero-order chi connectivity index (χ0) is 20.3. The van der Waals surface area contributed by atoms with E-state index in [1.165, 1.54) is 58.0 Å². The largest absolute Gasteiger partial charge is 0.469 e. The zero-order valence-electron chi connectivity index (χ0n) is 18.0. The molecule has 4 aliphatic rings. The number of fused-ring (bicyclic) bond motifs is 3. The number of methoxy groups -OCH3 is 1. The fraction of sp³-hybridized carbons (Fsp3) is 0.667. The Hall–Kier alpha value is -1.59. The Morgan fingerprint density at radius 2 is 1.77 bits per heavy atom. The van der Waals surface area contributed by atoms with Gasteiger partial charge in [0.15, 0.2) is 0 Å². The van der Waals surface area contributed by atoms with E-state index in [1.54, 1.807) is 0 Å². The Kier molecular flexibility index (Phi) is 7.81. The fourth-order valence-electron chi connectivity index (χ4n) is 5.46. The van der Waals surface area contributed by atoms with E-state index in [1.807, 2.05) is 12.1 Å². The third kappa shape index (κ3) is 5.36. The summed E-state index contributed by atoms with van der Waals surface area (Å²) in [6, 6.07) is 8.31. The van der Waals surface area contributed by atoms with Crippen molar-refractivity contribution in [1.82, 2.24) is 10.2 Å². The molecule has 5 nitrogen and oxygen atoms in total. The van der Waals surface area contributed by atoms with E-state index in [-0.39, 0.29) is 36.2 Å². The molecule has 3 saturated heterocycles. The Morgan fingerprint density at radius 3 is 2.40 bits per heavy atom. The summed E-state index contributed by atoms with van der Waals surface area (Å²) in [4.78, 5) is 27.0. The lowest BCUT2D eigenvalue weighted by atomic mass is 9.69. The Balaban J connectivity index is 0.00000256. The second kappa shape index (κ2) is 10.1. The molecule has 1 saturated carbocycles. The van der Waals surface area contributed by atoms with Crippen molar-refractivity contribution >= 4 is 24.3 Å². The number of hydrogen-bond donors (Lipinski definition) is 1. The van der Waals surface area contributed by atoms with Gasteiger partial charge in [-0.15, -0.1) is 12.4 Å². The molecule has 1 aliphatic carbocycles. The number of rotatable bonds is 6. The highest BCUT2D eigenvalue weighted by Gasteiger charge is 2.38. The number of nitrogens with one attached hydrogen (secondary N) is 1. The van der Waals surface area contributed by atoms with Crippen LogP contribution in [0.2, 0.25) is 0 Å². The summed E-state index contributed by atoms with van der Waals surface area (Å²) in [5.74, 6) is -0.120. The van der Waals surface area contributed by atoms with Crippen LogP contribution < -0.4 is 5.32 Å². The molecule has 4 fully saturated rings. The van der Waals surface area contributed by atoms with Crippen molar-refractivity contribution in [2.45, 2.75) is 63.8 Å². The summed E-state index contributed by atoms with van der Waals surface area (Å²) in [6.07, 6.45) is 9.56. The minimum atomic E-state index is -0.120. The number of esters is 1. The molecule has 5 rings (SSSR count). The minimum absolute atomic E-state index is 0. The van der Waals surface area contributed by atoms with Gasteiger partial charge in [0.1, 0.15) is 0 Å². The van der Waals surface area contributed by atoms with E-state index in [2.05, 4.69) is 22.3 Å². The molecule has 166 valence electrons. The lowest BCUT2D eigenvalue weighted by Gasteiger charge is -2.48. The van der Waals surface area contributed by atoms with Crippen LogP contribution in [0.15, 0.2) is 24.3 Å². The van der Waals surface area contributed by atoms with E-state index in [0.29, 0.717) is 5.41 Å². The number of hydrogen-bond acceptors (Lipinski definition) is 4. The van der Waals surface area contributed by atoms with Gasteiger partial charge in [0, 0.05) is 11.6 Å². The van der Waals surface area contributed by atoms with Crippen LogP contribution in [0.5, 0.6) is 0 Å². The molecule has 2 bridgehead atoms. The first-order chi connectivity index (χ1) is 14.1. The van der Waals surface area contributed by atoms with Crippen LogP contribution in [0.3, 0.4) is 0 Å². The molecule has 0 radical (unpaired) electrons. The number of carbonyl (C=O) groups excluding carboxylic acids is 2. The van der Waals surface area contributed by atoms with Gasteiger partial charge in [-0.2, -0.15) is 0 Å². The van der Waals surface area contributed by atoms with Gasteiger partial charge >= 0.3 is 5.97 Å². The average molecular weight is 435 g/mol. The lowest BCUT2D eigenvalue weighted by Crippen LogP contribution is -2.48. The molecular formula is C24H35ClN2O3. The molecule has 0 aromatic heterocycles. The molecule has 3 aliphatic heterocycles. The zero-order valence-corrected chi connectivity index (χ0v) is 18.8. The molecule has 6 heteroatoms. The third-order valence-corrected chi connectivity index (χ3v) is 7.61. The number of aryl methyl sites for hydroxylation is 1. The van der Waals surface area contributed by atoms with E-state index in [9.17, 15) is 9.59 Å². The van der Waals surface area contributed by atoms with Gasteiger partial charge in [0.05, 0.1) is 13.0 Å². The third-order valence-electron chi connectivity index (χ3n) is 7.61. The number of carbonyl (C=O) groups is 2. The maximum Gasteiger partial charge on any atom is 0.308 e. The van der Waals surface area contributed by atoms with Gasteiger partial charge in [-0.25, -0.2) is 0 Å². The number of nitrogens with zero attached hydrogens (tertiary/aromatic N) is 1. The van der Waals surface area contributed by atoms with Crippen LogP contribution in [0.25, 0.3) is 0 Å². The van der Waals surface area contributed by atoms with Crippen molar-refractivity contribution < 1.29 is 14.3 Å². The highest BCUT2D eigenvalue weighted by molar-refractivity contribution is 5.94. The maximum atomic E-state index is 12.8. The highest BCUT2D eigenvalue weighted by Crippen LogP contribution is 2.43. The molecule has 30 heavy (non-hydrogen) atoms. The predicted molar refractivity (Wildman–Crippen MR) is 120 cm³/mol. The van der Waals surface area contributed by atoms with E-state index < -0.39 is 0 Å². The normalized spacial score (nSPS) is 30.2. The standard InChI is InChI=1S/C24H34N2O3.ClH/c1-29-23(28)19-5-7-21(8-6-19)25-22(27)20-4-2-3-18(17-20)9-10-24-11-14-26(15-12-24)16-13-24;/h2-4,17,19,21H,5-16H2,1H3,(H,25,27);1H. The Morgan fingerprint density at radius 1 is 1.10 bits per heavy atom. The number of benzene rings is 1. The predicted octanol–water partition coefficient (Wildman–Crippen LogP) is 3.99. The van der Waals surface area contributed by atoms with Gasteiger partial charge in [-0.3, -0.25) is 9.59 Å². The quantitative estimate of drug-likeness (QED) is 0.688. The Labute approximate surface area is 186 Å². The molecule has 1 amide bonds. The second-order valence-corrected chi connectivity index (χ2v) is 9.34. The topological polar surface area (TPSA) is 58.6 Å². The fourth-order valence-corrected chi connectivity index (χ4v) is 5.46. The van der Waals surface area contributed by atoms with Gasteiger partial charge < -0.3 is 15.0 Å². The lowest BCUT2D eigenvalue weighted by molar-refractivity contribution is -0.146. The monoisotopic (exact) mass is 434 g/mol. The SMILES string of the molecule is COC(=O)C1CCC(NC(=O)c2cccc(CCC34CCN(CC3)CC4)c2)CC1.Cl. The molecule has 3 heterocycles. The smallest absolute Gasteiger partial charge is 0.308 e. The summed E-state index contributed by atoms with van der Waals surface area (Å²) in [5, 5.41) is 3.17.